The molecule has 0 aromatic carbocycles. The quantitative estimate of drug-likeness (QED) is 0.763. The summed E-state index contributed by atoms with van der Waals surface area (Å²) in [6.07, 6.45) is 0.570. The lowest BCUT2D eigenvalue weighted by Crippen LogP contribution is -2.27. The molecule has 130 valence electrons. The van der Waals surface area contributed by atoms with Gasteiger partial charge in [-0.25, -0.2) is 18.7 Å². The van der Waals surface area contributed by atoms with Crippen LogP contribution >= 0.6 is 0 Å². The van der Waals surface area contributed by atoms with Gasteiger partial charge in [-0.05, 0) is 36.7 Å². The van der Waals surface area contributed by atoms with Gasteiger partial charge in [0, 0.05) is 24.3 Å². The summed E-state index contributed by atoms with van der Waals surface area (Å²) in [5.41, 5.74) is 1.97. The lowest BCUT2D eigenvalue weighted by Gasteiger charge is -2.17. The van der Waals surface area contributed by atoms with Crippen LogP contribution < -0.4 is 10.6 Å². The summed E-state index contributed by atoms with van der Waals surface area (Å²) < 4.78 is 27.7. The zero-order chi connectivity index (χ0) is 17.4. The maximum Gasteiger partial charge on any atom is 0.265 e. The molecule has 3 aromatic rings. The molecule has 1 fully saturated rings. The van der Waals surface area contributed by atoms with Crippen LogP contribution in [0.15, 0.2) is 42.7 Å². The van der Waals surface area contributed by atoms with Gasteiger partial charge in [-0.3, -0.25) is 4.40 Å². The molecule has 2 atom stereocenters. The second kappa shape index (κ2) is 6.40. The van der Waals surface area contributed by atoms with Crippen molar-refractivity contribution in [3.05, 3.63) is 48.3 Å². The van der Waals surface area contributed by atoms with Crippen molar-refractivity contribution in [2.75, 3.05) is 18.4 Å². The summed E-state index contributed by atoms with van der Waals surface area (Å²) in [6.45, 7) is 4.08. The van der Waals surface area contributed by atoms with Crippen molar-refractivity contribution in [2.24, 2.45) is 5.92 Å². The minimum atomic E-state index is -2.52. The van der Waals surface area contributed by atoms with Crippen LogP contribution in [0.3, 0.4) is 0 Å². The molecule has 1 aliphatic rings. The number of alkyl halides is 2. The lowest BCUT2D eigenvalue weighted by molar-refractivity contribution is 0.151. The maximum absolute atomic E-state index is 13.0. The van der Waals surface area contributed by atoms with E-state index in [0.717, 1.165) is 18.9 Å². The SMILES string of the molecule is C[C@H]1CNC[C@@H]1Nc1cccc(-c2cnc3ccc(C(F)F)cn23)n1. The molecule has 4 rings (SSSR count). The highest BCUT2D eigenvalue weighted by molar-refractivity contribution is 5.62. The van der Waals surface area contributed by atoms with E-state index in [1.54, 1.807) is 16.7 Å². The number of halogens is 2. The van der Waals surface area contributed by atoms with E-state index >= 15 is 0 Å². The molecule has 3 aromatic heterocycles. The van der Waals surface area contributed by atoms with Crippen LogP contribution in [-0.4, -0.2) is 33.5 Å². The van der Waals surface area contributed by atoms with Crippen LogP contribution in [0, 0.1) is 5.92 Å². The van der Waals surface area contributed by atoms with Gasteiger partial charge in [-0.15, -0.1) is 0 Å². The average Bonchev–Trinajstić information content (AvgIpc) is 3.21. The molecule has 0 amide bonds. The van der Waals surface area contributed by atoms with Crippen molar-refractivity contribution in [1.29, 1.82) is 0 Å². The zero-order valence-corrected chi connectivity index (χ0v) is 13.8. The second-order valence-electron chi connectivity index (χ2n) is 6.43. The first-order valence-corrected chi connectivity index (χ1v) is 8.31. The Labute approximate surface area is 144 Å². The van der Waals surface area contributed by atoms with Crippen LogP contribution in [0.25, 0.3) is 17.0 Å². The highest BCUT2D eigenvalue weighted by Gasteiger charge is 2.23. The fourth-order valence-electron chi connectivity index (χ4n) is 3.17. The third-order valence-electron chi connectivity index (χ3n) is 4.64. The number of pyridine rings is 2. The standard InChI is InChI=1S/C18H19F2N5/c1-11-7-21-8-14(11)24-16-4-2-3-13(23-16)15-9-22-17-6-5-12(18(19)20)10-25(15)17/h2-6,9-11,14,18,21H,7-8H2,1H3,(H,23,24)/t11-,14-/m0/s1. The molecule has 0 aliphatic carbocycles. The fourth-order valence-corrected chi connectivity index (χ4v) is 3.17. The number of aromatic nitrogens is 3. The molecule has 2 N–H and O–H groups in total. The fraction of sp³-hybridized carbons (Fsp3) is 0.333. The first-order chi connectivity index (χ1) is 12.1. The predicted molar refractivity (Wildman–Crippen MR) is 92.8 cm³/mol. The van der Waals surface area contributed by atoms with Gasteiger partial charge in [-0.2, -0.15) is 0 Å². The van der Waals surface area contributed by atoms with Crippen LogP contribution in [0.1, 0.15) is 18.9 Å². The first-order valence-electron chi connectivity index (χ1n) is 8.31. The molecule has 0 bridgehead atoms. The summed E-state index contributed by atoms with van der Waals surface area (Å²) in [7, 11) is 0. The Balaban J connectivity index is 1.68. The topological polar surface area (TPSA) is 54.2 Å². The number of hydrogen-bond donors (Lipinski definition) is 2. The summed E-state index contributed by atoms with van der Waals surface area (Å²) in [5, 5.41) is 6.80. The Morgan fingerprint density at radius 1 is 1.24 bits per heavy atom. The van der Waals surface area contributed by atoms with Gasteiger partial charge in [0.25, 0.3) is 6.43 Å². The zero-order valence-electron chi connectivity index (χ0n) is 13.8. The van der Waals surface area contributed by atoms with Crippen LogP contribution in [-0.2, 0) is 0 Å². The highest BCUT2D eigenvalue weighted by atomic mass is 19.3. The molecule has 0 saturated carbocycles. The summed E-state index contributed by atoms with van der Waals surface area (Å²) in [6, 6.07) is 9.02. The van der Waals surface area contributed by atoms with E-state index in [-0.39, 0.29) is 5.56 Å². The van der Waals surface area contributed by atoms with E-state index in [4.69, 9.17) is 0 Å². The van der Waals surface area contributed by atoms with Crippen LogP contribution in [0.4, 0.5) is 14.6 Å². The Hall–Kier alpha value is -2.54. The Morgan fingerprint density at radius 3 is 2.88 bits per heavy atom. The van der Waals surface area contributed by atoms with Gasteiger partial charge < -0.3 is 10.6 Å². The molecule has 0 unspecified atom stereocenters. The number of rotatable bonds is 4. The predicted octanol–water partition coefficient (Wildman–Crippen LogP) is 3.35. The molecule has 4 heterocycles. The second-order valence-corrected chi connectivity index (χ2v) is 6.43. The molecule has 1 aliphatic heterocycles. The third kappa shape index (κ3) is 3.07. The molecular weight excluding hydrogens is 324 g/mol. The van der Waals surface area contributed by atoms with E-state index in [2.05, 4.69) is 27.5 Å². The summed E-state index contributed by atoms with van der Waals surface area (Å²) in [4.78, 5) is 8.94. The Morgan fingerprint density at radius 2 is 2.12 bits per heavy atom. The Bertz CT molecular complexity index is 892. The average molecular weight is 343 g/mol. The van der Waals surface area contributed by atoms with Crippen LogP contribution in [0.2, 0.25) is 0 Å². The van der Waals surface area contributed by atoms with Gasteiger partial charge in [0.15, 0.2) is 0 Å². The van der Waals surface area contributed by atoms with Crippen molar-refractivity contribution in [3.8, 4) is 11.4 Å². The molecule has 7 heteroatoms. The number of imidazole rings is 1. The van der Waals surface area contributed by atoms with E-state index < -0.39 is 6.43 Å². The smallest absolute Gasteiger partial charge is 0.265 e. The monoisotopic (exact) mass is 343 g/mol. The van der Waals surface area contributed by atoms with Crippen molar-refractivity contribution < 1.29 is 8.78 Å². The van der Waals surface area contributed by atoms with Crippen molar-refractivity contribution in [2.45, 2.75) is 19.4 Å². The van der Waals surface area contributed by atoms with Gasteiger partial charge in [0.2, 0.25) is 0 Å². The Kier molecular flexibility index (Phi) is 4.09. The van der Waals surface area contributed by atoms with Gasteiger partial charge in [0.1, 0.15) is 11.5 Å². The van der Waals surface area contributed by atoms with Crippen LogP contribution in [0.5, 0.6) is 0 Å². The van der Waals surface area contributed by atoms with Gasteiger partial charge in [-0.1, -0.05) is 13.0 Å². The first kappa shape index (κ1) is 16.0. The molecule has 0 radical (unpaired) electrons. The maximum atomic E-state index is 13.0. The number of nitrogens with zero attached hydrogens (tertiary/aromatic N) is 3. The van der Waals surface area contributed by atoms with E-state index in [0.29, 0.717) is 29.0 Å². The lowest BCUT2D eigenvalue weighted by atomic mass is 10.1. The van der Waals surface area contributed by atoms with E-state index in [9.17, 15) is 8.78 Å². The number of nitrogens with one attached hydrogen (secondary N) is 2. The third-order valence-corrected chi connectivity index (χ3v) is 4.64. The minimum Gasteiger partial charge on any atom is -0.366 e. The molecule has 0 spiro atoms. The van der Waals surface area contributed by atoms with Crippen molar-refractivity contribution in [3.63, 3.8) is 0 Å². The van der Waals surface area contributed by atoms with E-state index in [1.165, 1.54) is 12.3 Å². The minimum absolute atomic E-state index is 0.0353. The number of hydrogen-bond acceptors (Lipinski definition) is 4. The molecular formula is C18H19F2N5. The molecule has 5 nitrogen and oxygen atoms in total. The van der Waals surface area contributed by atoms with Gasteiger partial charge in [0.05, 0.1) is 17.6 Å². The molecule has 1 saturated heterocycles. The van der Waals surface area contributed by atoms with Crippen molar-refractivity contribution in [1.82, 2.24) is 19.7 Å². The highest BCUT2D eigenvalue weighted by Crippen LogP contribution is 2.25. The summed E-state index contributed by atoms with van der Waals surface area (Å²) >= 11 is 0. The number of fused-ring (bicyclic) bond motifs is 1. The van der Waals surface area contributed by atoms with E-state index in [1.807, 2.05) is 18.2 Å². The largest absolute Gasteiger partial charge is 0.366 e. The number of anilines is 1. The van der Waals surface area contributed by atoms with Crippen molar-refractivity contribution >= 4 is 11.5 Å². The molecule has 25 heavy (non-hydrogen) atoms. The van der Waals surface area contributed by atoms with Gasteiger partial charge >= 0.3 is 0 Å². The summed E-state index contributed by atoms with van der Waals surface area (Å²) in [5.74, 6) is 1.30. The normalized spacial score (nSPS) is 20.5.